The number of halogens is 1. The first kappa shape index (κ1) is 13.6. The van der Waals surface area contributed by atoms with E-state index in [4.69, 9.17) is 4.52 Å². The molecule has 0 aliphatic rings. The van der Waals surface area contributed by atoms with Crippen LogP contribution in [0.2, 0.25) is 0 Å². The lowest BCUT2D eigenvalue weighted by atomic mass is 10.2. The van der Waals surface area contributed by atoms with E-state index in [1.807, 2.05) is 27.7 Å². The van der Waals surface area contributed by atoms with Crippen LogP contribution in [0, 0.1) is 0 Å². The summed E-state index contributed by atoms with van der Waals surface area (Å²) < 4.78 is 21.4. The summed E-state index contributed by atoms with van der Waals surface area (Å²) in [5, 5.41) is 3.72. The molecule has 6 heteroatoms. The normalized spacial score (nSPS) is 15.2. The Labute approximate surface area is 106 Å². The quantitative estimate of drug-likeness (QED) is 0.806. The smallest absolute Gasteiger partial charge is 0.182 e. The third-order valence-corrected chi connectivity index (χ3v) is 3.63. The first-order chi connectivity index (χ1) is 7.34. The van der Waals surface area contributed by atoms with Gasteiger partial charge in [0.15, 0.2) is 5.76 Å². The van der Waals surface area contributed by atoms with Gasteiger partial charge in [-0.1, -0.05) is 12.1 Å². The van der Waals surface area contributed by atoms with Crippen LogP contribution in [0.25, 0.3) is 0 Å². The molecule has 0 aliphatic heterocycles. The molecular weight excluding hydrogens is 292 g/mol. The number of hydrogen-bond acceptors (Lipinski definition) is 3. The van der Waals surface area contributed by atoms with Crippen LogP contribution in [0.15, 0.2) is 19.6 Å². The van der Waals surface area contributed by atoms with Gasteiger partial charge in [-0.3, -0.25) is 0 Å². The van der Waals surface area contributed by atoms with Crippen LogP contribution >= 0.6 is 15.9 Å². The largest absolute Gasteiger partial charge is 0.354 e. The minimum atomic E-state index is -1.27. The van der Waals surface area contributed by atoms with Gasteiger partial charge in [-0.15, -0.1) is 0 Å². The number of rotatable bonds is 3. The van der Waals surface area contributed by atoms with E-state index in [9.17, 15) is 4.21 Å². The minimum absolute atomic E-state index is 0.363. The second kappa shape index (κ2) is 5.23. The Balaban J connectivity index is 2.99. The van der Waals surface area contributed by atoms with Gasteiger partial charge in [-0.05, 0) is 43.1 Å². The van der Waals surface area contributed by atoms with E-state index in [0.717, 1.165) is 0 Å². The van der Waals surface area contributed by atoms with Gasteiger partial charge in [0.1, 0.15) is 15.6 Å². The molecule has 1 aromatic rings. The second-order valence-corrected chi connectivity index (χ2v) is 6.99. The fourth-order valence-electron chi connectivity index (χ4n) is 0.910. The zero-order valence-electron chi connectivity index (χ0n) is 9.78. The molecule has 0 unspecified atom stereocenters. The van der Waals surface area contributed by atoms with Gasteiger partial charge in [-0.2, -0.15) is 4.40 Å². The maximum absolute atomic E-state index is 11.9. The Kier molecular flexibility index (Phi) is 4.43. The summed E-state index contributed by atoms with van der Waals surface area (Å²) in [4.78, 5) is 0. The Hall–Kier alpha value is -0.490. The van der Waals surface area contributed by atoms with E-state index >= 15 is 0 Å². The van der Waals surface area contributed by atoms with Gasteiger partial charge in [-0.25, -0.2) is 4.21 Å². The van der Waals surface area contributed by atoms with E-state index in [1.165, 1.54) is 0 Å². The molecular formula is C10H15BrN2O2S. The van der Waals surface area contributed by atoms with Crippen LogP contribution < -0.4 is 0 Å². The van der Waals surface area contributed by atoms with Gasteiger partial charge in [0, 0.05) is 6.07 Å². The van der Waals surface area contributed by atoms with Crippen molar-refractivity contribution in [2.45, 2.75) is 38.9 Å². The Morgan fingerprint density at radius 3 is 2.62 bits per heavy atom. The van der Waals surface area contributed by atoms with Gasteiger partial charge in [0.25, 0.3) is 0 Å². The molecule has 1 heterocycles. The lowest BCUT2D eigenvalue weighted by molar-refractivity contribution is 0.408. The van der Waals surface area contributed by atoms with E-state index in [0.29, 0.717) is 22.5 Å². The SMILES string of the molecule is CCC(=N[S@](=O)C(C)(C)C)c1cc(Br)no1. The monoisotopic (exact) mass is 306 g/mol. The molecule has 0 saturated heterocycles. The van der Waals surface area contributed by atoms with E-state index in [2.05, 4.69) is 25.5 Å². The van der Waals surface area contributed by atoms with E-state index < -0.39 is 11.0 Å². The van der Waals surface area contributed by atoms with Crippen molar-refractivity contribution in [2.24, 2.45) is 4.40 Å². The van der Waals surface area contributed by atoms with Crippen LogP contribution in [0.1, 0.15) is 39.9 Å². The van der Waals surface area contributed by atoms with Crippen molar-refractivity contribution in [3.63, 3.8) is 0 Å². The Morgan fingerprint density at radius 1 is 1.62 bits per heavy atom. The minimum Gasteiger partial charge on any atom is -0.354 e. The maximum Gasteiger partial charge on any atom is 0.182 e. The molecule has 0 saturated carbocycles. The zero-order chi connectivity index (χ0) is 12.3. The summed E-state index contributed by atoms with van der Waals surface area (Å²) in [5.74, 6) is 0.562. The van der Waals surface area contributed by atoms with Crippen molar-refractivity contribution in [1.29, 1.82) is 0 Å². The summed E-state index contributed by atoms with van der Waals surface area (Å²) in [6.45, 7) is 7.59. The molecule has 0 bridgehead atoms. The average Bonchev–Trinajstić information content (AvgIpc) is 2.59. The van der Waals surface area contributed by atoms with Crippen LogP contribution in [0.4, 0.5) is 0 Å². The highest BCUT2D eigenvalue weighted by Crippen LogP contribution is 2.17. The van der Waals surface area contributed by atoms with Gasteiger partial charge >= 0.3 is 0 Å². The molecule has 0 amide bonds. The molecule has 0 fully saturated rings. The lowest BCUT2D eigenvalue weighted by Gasteiger charge is -2.13. The molecule has 0 N–H and O–H groups in total. The molecule has 0 spiro atoms. The van der Waals surface area contributed by atoms with Crippen LogP contribution in [0.3, 0.4) is 0 Å². The average molecular weight is 307 g/mol. The third-order valence-electron chi connectivity index (χ3n) is 1.82. The topological polar surface area (TPSA) is 55.5 Å². The molecule has 0 radical (unpaired) electrons. The van der Waals surface area contributed by atoms with Crippen LogP contribution in [0.5, 0.6) is 0 Å². The molecule has 1 rings (SSSR count). The first-order valence-corrected chi connectivity index (χ1v) is 6.86. The summed E-state index contributed by atoms with van der Waals surface area (Å²) in [5.41, 5.74) is 0.673. The van der Waals surface area contributed by atoms with Crippen LogP contribution in [-0.2, 0) is 11.0 Å². The molecule has 4 nitrogen and oxygen atoms in total. The highest BCUT2D eigenvalue weighted by atomic mass is 79.9. The highest BCUT2D eigenvalue weighted by molar-refractivity contribution is 9.10. The van der Waals surface area contributed by atoms with Gasteiger partial charge in [0.05, 0.1) is 10.5 Å². The molecule has 1 aromatic heterocycles. The van der Waals surface area contributed by atoms with Crippen molar-refractivity contribution in [1.82, 2.24) is 5.16 Å². The molecule has 1 atom stereocenters. The second-order valence-electron chi connectivity index (χ2n) is 4.27. The molecule has 90 valence electrons. The van der Waals surface area contributed by atoms with Crippen LogP contribution in [-0.4, -0.2) is 19.8 Å². The standard InChI is InChI=1S/C10H15BrN2O2S/c1-5-7(8-6-9(11)12-15-8)13-16(14)10(2,3)4/h6H,5H2,1-4H3/t16-/m1/s1. The number of aromatic nitrogens is 1. The molecule has 0 aromatic carbocycles. The Morgan fingerprint density at radius 2 is 2.25 bits per heavy atom. The van der Waals surface area contributed by atoms with E-state index in [-0.39, 0.29) is 4.75 Å². The number of nitrogens with zero attached hydrogens (tertiary/aromatic N) is 2. The van der Waals surface area contributed by atoms with Gasteiger partial charge < -0.3 is 4.52 Å². The summed E-state index contributed by atoms with van der Waals surface area (Å²) in [6, 6.07) is 1.72. The maximum atomic E-state index is 11.9. The van der Waals surface area contributed by atoms with E-state index in [1.54, 1.807) is 6.07 Å². The van der Waals surface area contributed by atoms with Gasteiger partial charge in [0.2, 0.25) is 0 Å². The fraction of sp³-hybridized carbons (Fsp3) is 0.600. The lowest BCUT2D eigenvalue weighted by Crippen LogP contribution is -2.21. The highest BCUT2D eigenvalue weighted by Gasteiger charge is 2.20. The van der Waals surface area contributed by atoms with Crippen molar-refractivity contribution in [2.75, 3.05) is 0 Å². The molecule has 16 heavy (non-hydrogen) atoms. The predicted octanol–water partition coefficient (Wildman–Crippen LogP) is 3.10. The summed E-state index contributed by atoms with van der Waals surface area (Å²) >= 11 is 3.20. The fourth-order valence-corrected chi connectivity index (χ4v) is 1.88. The predicted molar refractivity (Wildman–Crippen MR) is 68.9 cm³/mol. The first-order valence-electron chi connectivity index (χ1n) is 4.96. The van der Waals surface area contributed by atoms with Crippen molar-refractivity contribution in [3.8, 4) is 0 Å². The molecule has 0 aliphatic carbocycles. The van der Waals surface area contributed by atoms with Crippen molar-refractivity contribution < 1.29 is 8.73 Å². The number of hydrogen-bond donors (Lipinski definition) is 0. The van der Waals surface area contributed by atoms with Crippen molar-refractivity contribution >= 4 is 32.6 Å². The summed E-state index contributed by atoms with van der Waals surface area (Å²) in [7, 11) is -1.27. The van der Waals surface area contributed by atoms with Crippen molar-refractivity contribution in [3.05, 3.63) is 16.4 Å². The zero-order valence-corrected chi connectivity index (χ0v) is 12.2. The summed E-state index contributed by atoms with van der Waals surface area (Å²) in [6.07, 6.45) is 0.656. The Bertz CT molecular complexity index is 421. The third kappa shape index (κ3) is 3.52.